The molecular weight excluding hydrogens is 296 g/mol. The minimum absolute atomic E-state index is 0.0204. The molecule has 7 nitrogen and oxygen atoms in total. The van der Waals surface area contributed by atoms with Crippen molar-refractivity contribution in [3.8, 4) is 0 Å². The fraction of sp³-hybridized carbons (Fsp3) is 0.750. The fourth-order valence-electron chi connectivity index (χ4n) is 4.26. The van der Waals surface area contributed by atoms with Crippen LogP contribution < -0.4 is 0 Å². The average Bonchev–Trinajstić information content (AvgIpc) is 2.80. The van der Waals surface area contributed by atoms with Crippen LogP contribution in [0.25, 0.3) is 0 Å². The lowest BCUT2D eigenvalue weighted by Crippen LogP contribution is -2.50. The van der Waals surface area contributed by atoms with Gasteiger partial charge in [-0.1, -0.05) is 12.8 Å². The van der Waals surface area contributed by atoms with Crippen LogP contribution in [0.4, 0.5) is 5.69 Å². The predicted octanol–water partition coefficient (Wildman–Crippen LogP) is 2.59. The average molecular weight is 320 g/mol. The highest BCUT2D eigenvalue weighted by molar-refractivity contribution is 5.76. The van der Waals surface area contributed by atoms with Crippen molar-refractivity contribution in [3.63, 3.8) is 0 Å². The molecule has 1 saturated carbocycles. The number of carbonyl (C=O) groups is 1. The highest BCUT2D eigenvalue weighted by Crippen LogP contribution is 2.35. The molecule has 126 valence electrons. The van der Waals surface area contributed by atoms with E-state index in [0.29, 0.717) is 23.3 Å². The van der Waals surface area contributed by atoms with Crippen molar-refractivity contribution in [2.45, 2.75) is 65.0 Å². The molecule has 2 unspecified atom stereocenters. The van der Waals surface area contributed by atoms with Crippen molar-refractivity contribution < 1.29 is 9.72 Å². The molecule has 2 heterocycles. The number of hydrogen-bond donors (Lipinski definition) is 0. The first kappa shape index (κ1) is 16.0. The Hall–Kier alpha value is -1.92. The summed E-state index contributed by atoms with van der Waals surface area (Å²) < 4.78 is 1.49. The van der Waals surface area contributed by atoms with E-state index in [-0.39, 0.29) is 18.1 Å². The van der Waals surface area contributed by atoms with Crippen molar-refractivity contribution in [3.05, 3.63) is 21.5 Å². The molecule has 3 rings (SSSR count). The van der Waals surface area contributed by atoms with E-state index < -0.39 is 4.92 Å². The third-order valence-electron chi connectivity index (χ3n) is 5.37. The van der Waals surface area contributed by atoms with E-state index in [1.54, 1.807) is 13.8 Å². The zero-order valence-electron chi connectivity index (χ0n) is 13.8. The van der Waals surface area contributed by atoms with Gasteiger partial charge in [0, 0.05) is 12.6 Å². The zero-order valence-corrected chi connectivity index (χ0v) is 13.8. The van der Waals surface area contributed by atoms with Gasteiger partial charge in [-0.15, -0.1) is 0 Å². The number of likely N-dealkylation sites (tertiary alicyclic amines) is 1. The number of carbonyl (C=O) groups excluding carboxylic acids is 1. The summed E-state index contributed by atoms with van der Waals surface area (Å²) in [5.74, 6) is 0.679. The third kappa shape index (κ3) is 2.96. The second-order valence-corrected chi connectivity index (χ2v) is 6.78. The van der Waals surface area contributed by atoms with Crippen LogP contribution in [0.5, 0.6) is 0 Å². The summed E-state index contributed by atoms with van der Waals surface area (Å²) >= 11 is 0. The van der Waals surface area contributed by atoms with Crippen molar-refractivity contribution in [2.24, 2.45) is 5.92 Å². The number of aryl methyl sites for hydroxylation is 1. The lowest BCUT2D eigenvalue weighted by Gasteiger charge is -2.44. The van der Waals surface area contributed by atoms with E-state index in [9.17, 15) is 14.9 Å². The minimum atomic E-state index is -0.420. The van der Waals surface area contributed by atoms with Crippen LogP contribution in [-0.2, 0) is 11.3 Å². The normalized spacial score (nSPS) is 24.3. The highest BCUT2D eigenvalue weighted by atomic mass is 16.6. The molecule has 1 aliphatic carbocycles. The first-order chi connectivity index (χ1) is 11.0. The number of rotatable bonds is 3. The number of aromatic nitrogens is 2. The predicted molar refractivity (Wildman–Crippen MR) is 85.0 cm³/mol. The van der Waals surface area contributed by atoms with Gasteiger partial charge in [-0.2, -0.15) is 5.10 Å². The van der Waals surface area contributed by atoms with Crippen LogP contribution in [0.1, 0.15) is 49.9 Å². The Morgan fingerprint density at radius 3 is 2.65 bits per heavy atom. The summed E-state index contributed by atoms with van der Waals surface area (Å²) in [6, 6.07) is 0.358. The molecule has 7 heteroatoms. The third-order valence-corrected chi connectivity index (χ3v) is 5.37. The van der Waals surface area contributed by atoms with Crippen molar-refractivity contribution in [1.29, 1.82) is 0 Å². The minimum Gasteiger partial charge on any atom is -0.338 e. The number of nitrogens with zero attached hydrogens (tertiary/aromatic N) is 4. The zero-order chi connectivity index (χ0) is 16.6. The lowest BCUT2D eigenvalue weighted by molar-refractivity contribution is -0.386. The standard InChI is InChI=1S/C16H24N4O3/c1-11-16(20(22)23)12(2)19(17-11)10-15(21)18-9-5-7-13-6-3-4-8-14(13)18/h13-14H,3-10H2,1-2H3. The van der Waals surface area contributed by atoms with Gasteiger partial charge in [0.15, 0.2) is 0 Å². The number of hydrogen-bond acceptors (Lipinski definition) is 4. The van der Waals surface area contributed by atoms with E-state index in [1.807, 2.05) is 4.90 Å². The molecule has 0 N–H and O–H groups in total. The molecule has 2 aliphatic rings. The second kappa shape index (κ2) is 6.29. The number of amides is 1. The molecule has 2 atom stereocenters. The molecule has 0 bridgehead atoms. The molecule has 1 aromatic heterocycles. The Morgan fingerprint density at radius 1 is 1.26 bits per heavy atom. The van der Waals surface area contributed by atoms with E-state index in [2.05, 4.69) is 5.10 Å². The summed E-state index contributed by atoms with van der Waals surface area (Å²) in [5, 5.41) is 15.3. The Labute approximate surface area is 135 Å². The summed E-state index contributed by atoms with van der Waals surface area (Å²) in [5.41, 5.74) is 0.847. The molecule has 1 aliphatic heterocycles. The summed E-state index contributed by atoms with van der Waals surface area (Å²) in [6.07, 6.45) is 7.06. The van der Waals surface area contributed by atoms with Gasteiger partial charge in [0.1, 0.15) is 17.9 Å². The highest BCUT2D eigenvalue weighted by Gasteiger charge is 2.36. The number of fused-ring (bicyclic) bond motifs is 1. The van der Waals surface area contributed by atoms with Gasteiger partial charge in [-0.05, 0) is 45.4 Å². The van der Waals surface area contributed by atoms with Gasteiger partial charge in [-0.3, -0.25) is 19.6 Å². The Kier molecular flexibility index (Phi) is 4.37. The number of nitro groups is 1. The molecule has 1 saturated heterocycles. The molecule has 0 radical (unpaired) electrons. The maximum Gasteiger partial charge on any atom is 0.312 e. The van der Waals surface area contributed by atoms with Gasteiger partial charge in [0.25, 0.3) is 0 Å². The molecule has 1 amide bonds. The van der Waals surface area contributed by atoms with Crippen molar-refractivity contribution in [1.82, 2.24) is 14.7 Å². The van der Waals surface area contributed by atoms with Gasteiger partial charge in [0.2, 0.25) is 5.91 Å². The monoisotopic (exact) mass is 320 g/mol. The lowest BCUT2D eigenvalue weighted by atomic mass is 9.78. The number of piperidine rings is 1. The van der Waals surface area contributed by atoms with Gasteiger partial charge in [-0.25, -0.2) is 0 Å². The van der Waals surface area contributed by atoms with Crippen LogP contribution in [0.2, 0.25) is 0 Å². The van der Waals surface area contributed by atoms with Crippen LogP contribution in [0, 0.1) is 29.9 Å². The van der Waals surface area contributed by atoms with E-state index in [0.717, 1.165) is 19.4 Å². The van der Waals surface area contributed by atoms with Gasteiger partial charge < -0.3 is 4.90 Å². The molecule has 2 fully saturated rings. The molecule has 0 aromatic carbocycles. The van der Waals surface area contributed by atoms with Crippen molar-refractivity contribution >= 4 is 11.6 Å². The first-order valence-electron chi connectivity index (χ1n) is 8.47. The van der Waals surface area contributed by atoms with Crippen LogP contribution in [0.15, 0.2) is 0 Å². The molecule has 23 heavy (non-hydrogen) atoms. The van der Waals surface area contributed by atoms with E-state index >= 15 is 0 Å². The van der Waals surface area contributed by atoms with Crippen LogP contribution >= 0.6 is 0 Å². The molecule has 1 aromatic rings. The van der Waals surface area contributed by atoms with E-state index in [4.69, 9.17) is 0 Å². The largest absolute Gasteiger partial charge is 0.338 e. The van der Waals surface area contributed by atoms with Crippen molar-refractivity contribution in [2.75, 3.05) is 6.54 Å². The second-order valence-electron chi connectivity index (χ2n) is 6.78. The maximum atomic E-state index is 12.8. The summed E-state index contributed by atoms with van der Waals surface area (Å²) in [7, 11) is 0. The Balaban J connectivity index is 1.76. The molecule has 0 spiro atoms. The molecular formula is C16H24N4O3. The summed E-state index contributed by atoms with van der Waals surface area (Å²) in [6.45, 7) is 4.18. The van der Waals surface area contributed by atoms with Gasteiger partial charge in [0.05, 0.1) is 4.92 Å². The van der Waals surface area contributed by atoms with Crippen LogP contribution in [0.3, 0.4) is 0 Å². The quantitative estimate of drug-likeness (QED) is 0.633. The smallest absolute Gasteiger partial charge is 0.312 e. The van der Waals surface area contributed by atoms with E-state index in [1.165, 1.54) is 30.4 Å². The van der Waals surface area contributed by atoms with Gasteiger partial charge >= 0.3 is 5.69 Å². The Bertz CT molecular complexity index is 623. The topological polar surface area (TPSA) is 81.3 Å². The fourth-order valence-corrected chi connectivity index (χ4v) is 4.26. The maximum absolute atomic E-state index is 12.8. The van der Waals surface area contributed by atoms with Crippen LogP contribution in [-0.4, -0.2) is 38.1 Å². The summed E-state index contributed by atoms with van der Waals surface area (Å²) in [4.78, 5) is 25.4. The SMILES string of the molecule is Cc1nn(CC(=O)N2CCCC3CCCCC32)c(C)c1[N+](=O)[O-]. The Morgan fingerprint density at radius 2 is 1.96 bits per heavy atom. The first-order valence-corrected chi connectivity index (χ1v) is 8.47.